The van der Waals surface area contributed by atoms with Gasteiger partial charge < -0.3 is 9.42 Å². The molecular weight excluding hydrogens is 307 g/mol. The van der Waals surface area contributed by atoms with Crippen LogP contribution >= 0.6 is 7.60 Å². The van der Waals surface area contributed by atoms with E-state index in [1.165, 1.54) is 38.5 Å². The van der Waals surface area contributed by atoms with Gasteiger partial charge >= 0.3 is 7.60 Å². The SMILES string of the molecule is C=CCCC(CCCCCCCCCC)P(=O)(O)OC(C)CC. The number of rotatable bonds is 16. The Hall–Kier alpha value is -0.110. The standard InChI is InChI=1S/C19H39O3P/c1-5-8-10-11-12-13-14-15-17-19(16-9-6-2)23(20,21)22-18(4)7-3/h6,18-19H,2,5,7-17H2,1,3-4H3,(H,20,21). The van der Waals surface area contributed by atoms with Crippen LogP contribution in [0.25, 0.3) is 0 Å². The molecule has 0 spiro atoms. The molecule has 0 heterocycles. The Morgan fingerprint density at radius 3 is 2.13 bits per heavy atom. The minimum Gasteiger partial charge on any atom is -0.324 e. The molecule has 23 heavy (non-hydrogen) atoms. The van der Waals surface area contributed by atoms with Gasteiger partial charge in [0.05, 0.1) is 11.8 Å². The van der Waals surface area contributed by atoms with Crippen molar-refractivity contribution in [1.82, 2.24) is 0 Å². The summed E-state index contributed by atoms with van der Waals surface area (Å²) < 4.78 is 18.0. The van der Waals surface area contributed by atoms with Gasteiger partial charge in [0.25, 0.3) is 0 Å². The van der Waals surface area contributed by atoms with E-state index in [0.29, 0.717) is 6.42 Å². The van der Waals surface area contributed by atoms with E-state index in [1.807, 2.05) is 19.9 Å². The molecule has 0 aliphatic heterocycles. The highest BCUT2D eigenvalue weighted by atomic mass is 31.2. The summed E-state index contributed by atoms with van der Waals surface area (Å²) in [7, 11) is -3.52. The van der Waals surface area contributed by atoms with Crippen LogP contribution in [0.15, 0.2) is 12.7 Å². The Morgan fingerprint density at radius 2 is 1.61 bits per heavy atom. The zero-order valence-electron chi connectivity index (χ0n) is 15.6. The Labute approximate surface area is 144 Å². The van der Waals surface area contributed by atoms with Crippen molar-refractivity contribution in [2.75, 3.05) is 0 Å². The minimum absolute atomic E-state index is 0.157. The highest BCUT2D eigenvalue weighted by Gasteiger charge is 2.32. The lowest BCUT2D eigenvalue weighted by molar-refractivity contribution is 0.177. The van der Waals surface area contributed by atoms with E-state index in [2.05, 4.69) is 13.5 Å². The molecule has 0 aromatic heterocycles. The summed E-state index contributed by atoms with van der Waals surface area (Å²) in [6.07, 6.45) is 14.7. The molecule has 0 amide bonds. The van der Waals surface area contributed by atoms with Crippen molar-refractivity contribution in [1.29, 1.82) is 0 Å². The summed E-state index contributed by atoms with van der Waals surface area (Å²) >= 11 is 0. The zero-order valence-corrected chi connectivity index (χ0v) is 16.5. The van der Waals surface area contributed by atoms with Crippen LogP contribution in [0, 0.1) is 0 Å². The maximum Gasteiger partial charge on any atom is 0.331 e. The minimum atomic E-state index is -3.52. The molecule has 3 atom stereocenters. The van der Waals surface area contributed by atoms with Crippen LogP contribution in [-0.2, 0) is 9.09 Å². The van der Waals surface area contributed by atoms with E-state index in [-0.39, 0.29) is 11.8 Å². The van der Waals surface area contributed by atoms with Crippen LogP contribution < -0.4 is 0 Å². The van der Waals surface area contributed by atoms with Crippen LogP contribution in [0.1, 0.15) is 97.8 Å². The van der Waals surface area contributed by atoms with Crippen molar-refractivity contribution < 1.29 is 14.0 Å². The van der Waals surface area contributed by atoms with Gasteiger partial charge in [0, 0.05) is 0 Å². The molecule has 138 valence electrons. The molecular formula is C19H39O3P. The molecule has 0 rings (SSSR count). The third kappa shape index (κ3) is 12.0. The second-order valence-corrected chi connectivity index (χ2v) is 8.74. The maximum atomic E-state index is 12.5. The summed E-state index contributed by atoms with van der Waals surface area (Å²) in [6, 6.07) is 0. The van der Waals surface area contributed by atoms with Crippen LogP contribution in [0.5, 0.6) is 0 Å². The molecule has 0 fully saturated rings. The smallest absolute Gasteiger partial charge is 0.324 e. The number of hydrogen-bond acceptors (Lipinski definition) is 2. The van der Waals surface area contributed by atoms with Crippen LogP contribution in [0.2, 0.25) is 0 Å². The van der Waals surface area contributed by atoms with Gasteiger partial charge in [0.2, 0.25) is 0 Å². The maximum absolute atomic E-state index is 12.5. The Kier molecular flexibility index (Phi) is 14.2. The lowest BCUT2D eigenvalue weighted by atomic mass is 10.0. The van der Waals surface area contributed by atoms with Crippen molar-refractivity contribution in [3.05, 3.63) is 12.7 Å². The Balaban J connectivity index is 4.14. The van der Waals surface area contributed by atoms with Crippen molar-refractivity contribution in [3.8, 4) is 0 Å². The van der Waals surface area contributed by atoms with Gasteiger partial charge in [-0.25, -0.2) is 0 Å². The van der Waals surface area contributed by atoms with Gasteiger partial charge in [-0.2, -0.15) is 0 Å². The third-order valence-electron chi connectivity index (χ3n) is 4.46. The van der Waals surface area contributed by atoms with E-state index >= 15 is 0 Å². The van der Waals surface area contributed by atoms with E-state index in [0.717, 1.165) is 32.1 Å². The zero-order chi connectivity index (χ0) is 17.6. The normalized spacial score (nSPS) is 16.7. The second-order valence-electron chi connectivity index (χ2n) is 6.67. The van der Waals surface area contributed by atoms with E-state index in [1.54, 1.807) is 0 Å². The highest BCUT2D eigenvalue weighted by Crippen LogP contribution is 2.52. The number of unbranched alkanes of at least 4 members (excludes halogenated alkanes) is 7. The van der Waals surface area contributed by atoms with Gasteiger partial charge in [-0.05, 0) is 32.6 Å². The van der Waals surface area contributed by atoms with Gasteiger partial charge in [-0.15, -0.1) is 6.58 Å². The molecule has 0 saturated carbocycles. The van der Waals surface area contributed by atoms with Gasteiger partial charge in [0.15, 0.2) is 0 Å². The fourth-order valence-corrected chi connectivity index (χ4v) is 4.53. The molecule has 0 bridgehead atoms. The van der Waals surface area contributed by atoms with E-state index < -0.39 is 7.60 Å². The third-order valence-corrected chi connectivity index (χ3v) is 6.56. The van der Waals surface area contributed by atoms with Crippen LogP contribution in [0.3, 0.4) is 0 Å². The summed E-state index contributed by atoms with van der Waals surface area (Å²) in [5.41, 5.74) is -0.241. The van der Waals surface area contributed by atoms with Crippen LogP contribution in [0.4, 0.5) is 0 Å². The largest absolute Gasteiger partial charge is 0.331 e. The lowest BCUT2D eigenvalue weighted by Gasteiger charge is -2.25. The topological polar surface area (TPSA) is 46.5 Å². The molecule has 0 saturated heterocycles. The van der Waals surface area contributed by atoms with Crippen LogP contribution in [-0.4, -0.2) is 16.7 Å². The first-order valence-electron chi connectivity index (χ1n) is 9.59. The Bertz CT molecular complexity index is 331. The highest BCUT2D eigenvalue weighted by molar-refractivity contribution is 7.53. The molecule has 0 aliphatic rings. The van der Waals surface area contributed by atoms with Crippen molar-refractivity contribution in [2.45, 2.75) is 110 Å². The molecule has 0 aromatic carbocycles. The average molecular weight is 346 g/mol. The first kappa shape index (κ1) is 22.9. The lowest BCUT2D eigenvalue weighted by Crippen LogP contribution is -2.15. The summed E-state index contributed by atoms with van der Waals surface area (Å²) in [5, 5.41) is 0. The first-order chi connectivity index (χ1) is 11.0. The van der Waals surface area contributed by atoms with E-state index in [9.17, 15) is 9.46 Å². The number of hydrogen-bond donors (Lipinski definition) is 1. The van der Waals surface area contributed by atoms with Gasteiger partial charge in [-0.3, -0.25) is 4.57 Å². The fourth-order valence-electron chi connectivity index (χ4n) is 2.71. The fraction of sp³-hybridized carbons (Fsp3) is 0.895. The van der Waals surface area contributed by atoms with Crippen molar-refractivity contribution >= 4 is 7.60 Å². The predicted molar refractivity (Wildman–Crippen MR) is 101 cm³/mol. The van der Waals surface area contributed by atoms with Gasteiger partial charge in [-0.1, -0.05) is 71.3 Å². The van der Waals surface area contributed by atoms with E-state index in [4.69, 9.17) is 4.52 Å². The average Bonchev–Trinajstić information content (AvgIpc) is 2.51. The molecule has 0 aliphatic carbocycles. The monoisotopic (exact) mass is 346 g/mol. The van der Waals surface area contributed by atoms with Gasteiger partial charge in [0.1, 0.15) is 0 Å². The quantitative estimate of drug-likeness (QED) is 0.189. The summed E-state index contributed by atoms with van der Waals surface area (Å²) in [6.45, 7) is 9.80. The molecule has 0 aromatic rings. The molecule has 4 heteroatoms. The molecule has 1 N–H and O–H groups in total. The molecule has 3 nitrogen and oxygen atoms in total. The van der Waals surface area contributed by atoms with Crippen molar-refractivity contribution in [2.24, 2.45) is 0 Å². The summed E-state index contributed by atoms with van der Waals surface area (Å²) in [4.78, 5) is 10.3. The van der Waals surface area contributed by atoms with Crippen molar-refractivity contribution in [3.63, 3.8) is 0 Å². The Morgan fingerprint density at radius 1 is 1.04 bits per heavy atom. The second kappa shape index (κ2) is 14.3. The summed E-state index contributed by atoms with van der Waals surface area (Å²) in [5.74, 6) is 0. The molecule has 0 radical (unpaired) electrons. The predicted octanol–water partition coefficient (Wildman–Crippen LogP) is 6.85. The first-order valence-corrected chi connectivity index (χ1v) is 11.2. The molecule has 3 unspecified atom stereocenters. The number of allylic oxidation sites excluding steroid dienone is 1.